The van der Waals surface area contributed by atoms with Crippen LogP contribution in [0.3, 0.4) is 0 Å². The van der Waals surface area contributed by atoms with Gasteiger partial charge in [-0.05, 0) is 18.0 Å². The molecule has 15 heavy (non-hydrogen) atoms. The number of nitrogens with zero attached hydrogens (tertiary/aromatic N) is 3. The predicted molar refractivity (Wildman–Crippen MR) is 60.1 cm³/mol. The average Bonchev–Trinajstić information content (AvgIpc) is 2.65. The van der Waals surface area contributed by atoms with Crippen LogP contribution in [0.4, 0.5) is 5.82 Å². The van der Waals surface area contributed by atoms with Gasteiger partial charge in [-0.15, -0.1) is 0 Å². The van der Waals surface area contributed by atoms with E-state index in [0.29, 0.717) is 5.65 Å². The van der Waals surface area contributed by atoms with Crippen LogP contribution in [-0.4, -0.2) is 26.5 Å². The molecule has 0 aromatic carbocycles. The van der Waals surface area contributed by atoms with Gasteiger partial charge in [-0.2, -0.15) is 9.97 Å². The van der Waals surface area contributed by atoms with E-state index < -0.39 is 0 Å². The fraction of sp³-hybridized carbons (Fsp3) is 0.444. The van der Waals surface area contributed by atoms with Crippen molar-refractivity contribution in [1.29, 1.82) is 0 Å². The Hall–Kier alpha value is -1.36. The van der Waals surface area contributed by atoms with E-state index in [4.69, 9.17) is 11.6 Å². The number of hydrogen-bond acceptors (Lipinski definition) is 4. The normalized spacial score (nSPS) is 10.8. The molecule has 2 rings (SSSR count). The van der Waals surface area contributed by atoms with Crippen LogP contribution in [0.1, 0.15) is 19.8 Å². The number of nitrogens with one attached hydrogen (secondary N) is 2. The van der Waals surface area contributed by atoms with E-state index in [9.17, 15) is 0 Å². The molecule has 0 unspecified atom stereocenters. The molecule has 0 aliphatic heterocycles. The molecule has 0 fully saturated rings. The zero-order valence-corrected chi connectivity index (χ0v) is 9.17. The maximum Gasteiger partial charge on any atom is 0.226 e. The number of hydrogen-bond donors (Lipinski definition) is 2. The average molecular weight is 226 g/mol. The summed E-state index contributed by atoms with van der Waals surface area (Å²) in [7, 11) is 0. The fourth-order valence-electron chi connectivity index (χ4n) is 1.32. The zero-order chi connectivity index (χ0) is 10.7. The minimum absolute atomic E-state index is 0.216. The number of halogens is 1. The highest BCUT2D eigenvalue weighted by molar-refractivity contribution is 6.28. The summed E-state index contributed by atoms with van der Waals surface area (Å²) in [5.41, 5.74) is 1.39. The van der Waals surface area contributed by atoms with Crippen LogP contribution < -0.4 is 5.32 Å². The van der Waals surface area contributed by atoms with Crippen LogP contribution in [0, 0.1) is 0 Å². The third-order valence-electron chi connectivity index (χ3n) is 2.08. The molecule has 2 N–H and O–H groups in total. The lowest BCUT2D eigenvalue weighted by molar-refractivity contribution is 0.831. The van der Waals surface area contributed by atoms with Crippen LogP contribution in [0.2, 0.25) is 5.28 Å². The highest BCUT2D eigenvalue weighted by Gasteiger charge is 2.07. The second-order valence-electron chi connectivity index (χ2n) is 3.22. The van der Waals surface area contributed by atoms with Gasteiger partial charge in [0, 0.05) is 6.54 Å². The van der Waals surface area contributed by atoms with Gasteiger partial charge >= 0.3 is 0 Å². The minimum Gasteiger partial charge on any atom is -0.368 e. The van der Waals surface area contributed by atoms with Crippen molar-refractivity contribution < 1.29 is 0 Å². The van der Waals surface area contributed by atoms with Crippen molar-refractivity contribution in [2.45, 2.75) is 19.8 Å². The molecule has 0 spiro atoms. The lowest BCUT2D eigenvalue weighted by Gasteiger charge is -2.04. The first-order chi connectivity index (χ1) is 7.31. The standard InChI is InChI=1S/C9H12ClN5/c1-2-3-4-11-7-6-8(13-5-12-6)15-9(10)14-7/h5H,2-4H2,1H3,(H2,11,12,13,14,15). The summed E-state index contributed by atoms with van der Waals surface area (Å²) in [4.78, 5) is 15.1. The van der Waals surface area contributed by atoms with Crippen molar-refractivity contribution in [3.8, 4) is 0 Å². The Morgan fingerprint density at radius 3 is 3.13 bits per heavy atom. The summed E-state index contributed by atoms with van der Waals surface area (Å²) in [6, 6.07) is 0. The van der Waals surface area contributed by atoms with Gasteiger partial charge < -0.3 is 10.3 Å². The maximum atomic E-state index is 5.78. The lowest BCUT2D eigenvalue weighted by atomic mass is 10.3. The quantitative estimate of drug-likeness (QED) is 0.619. The van der Waals surface area contributed by atoms with Crippen LogP contribution in [-0.2, 0) is 0 Å². The molecule has 6 heteroatoms. The number of aromatic amines is 1. The molecule has 0 atom stereocenters. The van der Waals surface area contributed by atoms with Crippen molar-refractivity contribution in [3.63, 3.8) is 0 Å². The molecule has 0 aliphatic carbocycles. The number of unbranched alkanes of at least 4 members (excludes halogenated alkanes) is 1. The first kappa shape index (κ1) is 10.2. The number of fused-ring (bicyclic) bond motifs is 1. The van der Waals surface area contributed by atoms with E-state index >= 15 is 0 Å². The highest BCUT2D eigenvalue weighted by atomic mass is 35.5. The third-order valence-corrected chi connectivity index (χ3v) is 2.25. The molecule has 0 bridgehead atoms. The highest BCUT2D eigenvalue weighted by Crippen LogP contribution is 2.18. The van der Waals surface area contributed by atoms with Gasteiger partial charge in [0.15, 0.2) is 11.5 Å². The Morgan fingerprint density at radius 1 is 1.47 bits per heavy atom. The number of aromatic nitrogens is 4. The first-order valence-electron chi connectivity index (χ1n) is 4.91. The Kier molecular flexibility index (Phi) is 3.01. The zero-order valence-electron chi connectivity index (χ0n) is 8.42. The Labute approximate surface area is 92.3 Å². The van der Waals surface area contributed by atoms with E-state index in [2.05, 4.69) is 32.2 Å². The number of imidazole rings is 1. The molecule has 80 valence electrons. The smallest absolute Gasteiger partial charge is 0.226 e. The SMILES string of the molecule is CCCCNc1nc(Cl)nc2nc[nH]c12. The second-order valence-corrected chi connectivity index (χ2v) is 3.56. The Balaban J connectivity index is 2.27. The molecule has 2 heterocycles. The molecular weight excluding hydrogens is 214 g/mol. The van der Waals surface area contributed by atoms with Crippen LogP contribution in [0.5, 0.6) is 0 Å². The molecule has 0 aliphatic rings. The molecule has 0 radical (unpaired) electrons. The molecule has 0 amide bonds. The summed E-state index contributed by atoms with van der Waals surface area (Å²) in [5, 5.41) is 3.42. The summed E-state index contributed by atoms with van der Waals surface area (Å²) >= 11 is 5.78. The Morgan fingerprint density at radius 2 is 2.33 bits per heavy atom. The van der Waals surface area contributed by atoms with Gasteiger partial charge in [0.2, 0.25) is 5.28 Å². The van der Waals surface area contributed by atoms with Crippen molar-refractivity contribution in [1.82, 2.24) is 19.9 Å². The second kappa shape index (κ2) is 4.44. The lowest BCUT2D eigenvalue weighted by Crippen LogP contribution is -2.04. The van der Waals surface area contributed by atoms with E-state index in [0.717, 1.165) is 30.7 Å². The van der Waals surface area contributed by atoms with E-state index in [1.165, 1.54) is 0 Å². The number of H-pyrrole nitrogens is 1. The predicted octanol–water partition coefficient (Wildman–Crippen LogP) is 2.22. The summed E-state index contributed by atoms with van der Waals surface area (Å²) in [5.74, 6) is 0.718. The van der Waals surface area contributed by atoms with Gasteiger partial charge in [-0.3, -0.25) is 0 Å². The van der Waals surface area contributed by atoms with E-state index in [-0.39, 0.29) is 5.28 Å². The minimum atomic E-state index is 0.216. The van der Waals surface area contributed by atoms with Crippen molar-refractivity contribution in [3.05, 3.63) is 11.6 Å². The van der Waals surface area contributed by atoms with E-state index in [1.807, 2.05) is 0 Å². The fourth-order valence-corrected chi connectivity index (χ4v) is 1.48. The number of rotatable bonds is 4. The summed E-state index contributed by atoms with van der Waals surface area (Å²) < 4.78 is 0. The topological polar surface area (TPSA) is 66.5 Å². The van der Waals surface area contributed by atoms with Gasteiger partial charge in [-0.25, -0.2) is 4.98 Å². The van der Waals surface area contributed by atoms with Gasteiger partial charge in [0.25, 0.3) is 0 Å². The van der Waals surface area contributed by atoms with Crippen LogP contribution >= 0.6 is 11.6 Å². The van der Waals surface area contributed by atoms with Crippen LogP contribution in [0.25, 0.3) is 11.2 Å². The summed E-state index contributed by atoms with van der Waals surface area (Å²) in [6.45, 7) is 3.01. The third kappa shape index (κ3) is 2.18. The molecule has 2 aromatic heterocycles. The van der Waals surface area contributed by atoms with Crippen molar-refractivity contribution in [2.75, 3.05) is 11.9 Å². The molecule has 2 aromatic rings. The maximum absolute atomic E-state index is 5.78. The summed E-state index contributed by atoms with van der Waals surface area (Å²) in [6.07, 6.45) is 3.82. The number of anilines is 1. The van der Waals surface area contributed by atoms with Crippen molar-refractivity contribution in [2.24, 2.45) is 0 Å². The molecular formula is C9H12ClN5. The Bertz CT molecular complexity index is 453. The molecule has 0 saturated heterocycles. The van der Waals surface area contributed by atoms with Gasteiger partial charge in [0.1, 0.15) is 5.52 Å². The van der Waals surface area contributed by atoms with Gasteiger partial charge in [0.05, 0.1) is 6.33 Å². The molecule has 5 nitrogen and oxygen atoms in total. The monoisotopic (exact) mass is 225 g/mol. The van der Waals surface area contributed by atoms with Crippen molar-refractivity contribution >= 4 is 28.6 Å². The largest absolute Gasteiger partial charge is 0.368 e. The molecule has 0 saturated carbocycles. The first-order valence-corrected chi connectivity index (χ1v) is 5.29. The van der Waals surface area contributed by atoms with Crippen LogP contribution in [0.15, 0.2) is 6.33 Å². The van der Waals surface area contributed by atoms with Gasteiger partial charge in [-0.1, -0.05) is 13.3 Å². The van der Waals surface area contributed by atoms with E-state index in [1.54, 1.807) is 6.33 Å².